The summed E-state index contributed by atoms with van der Waals surface area (Å²) < 4.78 is 40.0. The molecule has 0 radical (unpaired) electrons. The SMILES string of the molecule is NC(=O)c1ccccc1Cc1ccc(OC(F)(F)F)cc1. The number of ether oxygens (including phenoxy) is 1. The van der Waals surface area contributed by atoms with E-state index in [1.807, 2.05) is 0 Å². The largest absolute Gasteiger partial charge is 0.573 e. The molecule has 3 nitrogen and oxygen atoms in total. The molecule has 0 bridgehead atoms. The summed E-state index contributed by atoms with van der Waals surface area (Å²) in [6, 6.07) is 12.3. The van der Waals surface area contributed by atoms with Gasteiger partial charge in [-0.3, -0.25) is 4.79 Å². The van der Waals surface area contributed by atoms with Gasteiger partial charge in [0, 0.05) is 5.56 Å². The van der Waals surface area contributed by atoms with E-state index >= 15 is 0 Å². The number of carbonyl (C=O) groups excluding carboxylic acids is 1. The van der Waals surface area contributed by atoms with Crippen molar-refractivity contribution in [2.45, 2.75) is 12.8 Å². The standard InChI is InChI=1S/C15H12F3NO2/c16-15(17,18)21-12-7-5-10(6-8-12)9-11-3-1-2-4-13(11)14(19)20/h1-8H,9H2,(H2,19,20). The highest BCUT2D eigenvalue weighted by molar-refractivity contribution is 5.94. The molecule has 0 heterocycles. The molecule has 1 amide bonds. The van der Waals surface area contributed by atoms with Gasteiger partial charge in [0.05, 0.1) is 0 Å². The van der Waals surface area contributed by atoms with E-state index in [9.17, 15) is 18.0 Å². The van der Waals surface area contributed by atoms with Gasteiger partial charge in [-0.1, -0.05) is 30.3 Å². The second kappa shape index (κ2) is 5.87. The number of carbonyl (C=O) groups is 1. The third kappa shape index (κ3) is 4.24. The second-order valence-corrected chi connectivity index (χ2v) is 4.39. The number of hydrogen-bond donors (Lipinski definition) is 1. The van der Waals surface area contributed by atoms with Crippen molar-refractivity contribution in [1.29, 1.82) is 0 Å². The summed E-state index contributed by atoms with van der Waals surface area (Å²) in [5.41, 5.74) is 7.14. The minimum absolute atomic E-state index is 0.283. The molecule has 0 spiro atoms. The number of rotatable bonds is 4. The fraction of sp³-hybridized carbons (Fsp3) is 0.133. The van der Waals surface area contributed by atoms with E-state index in [4.69, 9.17) is 5.73 Å². The molecule has 0 aromatic heterocycles. The van der Waals surface area contributed by atoms with Gasteiger partial charge in [-0.15, -0.1) is 13.2 Å². The van der Waals surface area contributed by atoms with Crippen molar-refractivity contribution in [2.75, 3.05) is 0 Å². The van der Waals surface area contributed by atoms with Crippen molar-refractivity contribution in [3.8, 4) is 5.75 Å². The van der Waals surface area contributed by atoms with Gasteiger partial charge in [0.15, 0.2) is 0 Å². The molecule has 21 heavy (non-hydrogen) atoms. The number of alkyl halides is 3. The van der Waals surface area contributed by atoms with Gasteiger partial charge in [-0.2, -0.15) is 0 Å². The number of hydrogen-bond acceptors (Lipinski definition) is 2. The molecule has 0 saturated carbocycles. The summed E-state index contributed by atoms with van der Waals surface area (Å²) in [4.78, 5) is 11.3. The Kier molecular flexibility index (Phi) is 4.16. The fourth-order valence-corrected chi connectivity index (χ4v) is 1.94. The van der Waals surface area contributed by atoms with Gasteiger partial charge >= 0.3 is 6.36 Å². The van der Waals surface area contributed by atoms with Crippen molar-refractivity contribution in [3.63, 3.8) is 0 Å². The Morgan fingerprint density at radius 2 is 1.67 bits per heavy atom. The number of amides is 1. The van der Waals surface area contributed by atoms with Crippen LogP contribution in [0.25, 0.3) is 0 Å². The summed E-state index contributed by atoms with van der Waals surface area (Å²) >= 11 is 0. The smallest absolute Gasteiger partial charge is 0.406 e. The Balaban J connectivity index is 2.16. The molecule has 6 heteroatoms. The van der Waals surface area contributed by atoms with Crippen LogP contribution in [0.4, 0.5) is 13.2 Å². The predicted molar refractivity (Wildman–Crippen MR) is 70.9 cm³/mol. The van der Waals surface area contributed by atoms with Crippen LogP contribution in [0.1, 0.15) is 21.5 Å². The van der Waals surface area contributed by atoms with E-state index in [0.717, 1.165) is 11.1 Å². The zero-order chi connectivity index (χ0) is 15.5. The van der Waals surface area contributed by atoms with Crippen LogP contribution in [0.15, 0.2) is 48.5 Å². The summed E-state index contributed by atoms with van der Waals surface area (Å²) in [6.45, 7) is 0. The third-order valence-corrected chi connectivity index (χ3v) is 2.83. The molecular formula is C15H12F3NO2. The topological polar surface area (TPSA) is 52.3 Å². The quantitative estimate of drug-likeness (QED) is 0.941. The van der Waals surface area contributed by atoms with E-state index in [1.54, 1.807) is 24.3 Å². The maximum atomic E-state index is 12.1. The molecule has 0 atom stereocenters. The molecule has 2 N–H and O–H groups in total. The van der Waals surface area contributed by atoms with Crippen molar-refractivity contribution < 1.29 is 22.7 Å². The Morgan fingerprint density at radius 3 is 2.24 bits per heavy atom. The van der Waals surface area contributed by atoms with Crippen molar-refractivity contribution >= 4 is 5.91 Å². The van der Waals surface area contributed by atoms with Crippen molar-refractivity contribution in [2.24, 2.45) is 5.73 Å². The Morgan fingerprint density at radius 1 is 1.05 bits per heavy atom. The molecule has 2 aromatic carbocycles. The van der Waals surface area contributed by atoms with Crippen LogP contribution in [0, 0.1) is 0 Å². The van der Waals surface area contributed by atoms with Crippen LogP contribution < -0.4 is 10.5 Å². The molecule has 0 saturated heterocycles. The van der Waals surface area contributed by atoms with E-state index in [1.165, 1.54) is 24.3 Å². The van der Waals surface area contributed by atoms with Gasteiger partial charge in [0.1, 0.15) is 5.75 Å². The molecule has 2 aromatic rings. The zero-order valence-corrected chi connectivity index (χ0v) is 10.9. The fourth-order valence-electron chi connectivity index (χ4n) is 1.94. The first-order chi connectivity index (χ1) is 9.85. The minimum Gasteiger partial charge on any atom is -0.406 e. The van der Waals surface area contributed by atoms with Crippen LogP contribution in [0.2, 0.25) is 0 Å². The Hall–Kier alpha value is -2.50. The highest BCUT2D eigenvalue weighted by atomic mass is 19.4. The van der Waals surface area contributed by atoms with Gasteiger partial charge in [0.2, 0.25) is 5.91 Å². The number of halogens is 3. The summed E-state index contributed by atoms with van der Waals surface area (Å²) in [5.74, 6) is -0.822. The molecule has 0 aliphatic rings. The van der Waals surface area contributed by atoms with Crippen LogP contribution in [0.5, 0.6) is 5.75 Å². The van der Waals surface area contributed by atoms with Crippen molar-refractivity contribution in [1.82, 2.24) is 0 Å². The van der Waals surface area contributed by atoms with Gasteiger partial charge in [-0.05, 0) is 35.7 Å². The molecular weight excluding hydrogens is 283 g/mol. The molecule has 0 aliphatic heterocycles. The second-order valence-electron chi connectivity index (χ2n) is 4.39. The zero-order valence-electron chi connectivity index (χ0n) is 10.9. The highest BCUT2D eigenvalue weighted by Crippen LogP contribution is 2.23. The summed E-state index contributed by atoms with van der Waals surface area (Å²) in [6.07, 6.45) is -4.31. The van der Waals surface area contributed by atoms with Crippen LogP contribution in [-0.4, -0.2) is 12.3 Å². The Labute approximate surface area is 119 Å². The van der Waals surface area contributed by atoms with Crippen LogP contribution in [-0.2, 0) is 6.42 Å². The first kappa shape index (κ1) is 14.9. The Bertz CT molecular complexity index is 636. The van der Waals surface area contributed by atoms with Crippen LogP contribution in [0.3, 0.4) is 0 Å². The number of primary amides is 1. The van der Waals surface area contributed by atoms with Gasteiger partial charge in [0.25, 0.3) is 0 Å². The lowest BCUT2D eigenvalue weighted by atomic mass is 9.99. The maximum absolute atomic E-state index is 12.1. The van der Waals surface area contributed by atoms with Gasteiger partial charge in [-0.25, -0.2) is 0 Å². The van der Waals surface area contributed by atoms with Crippen molar-refractivity contribution in [3.05, 3.63) is 65.2 Å². The highest BCUT2D eigenvalue weighted by Gasteiger charge is 2.30. The van der Waals surface area contributed by atoms with E-state index < -0.39 is 12.3 Å². The molecule has 0 aliphatic carbocycles. The average molecular weight is 295 g/mol. The first-order valence-electron chi connectivity index (χ1n) is 6.07. The van der Waals surface area contributed by atoms with Gasteiger partial charge < -0.3 is 10.5 Å². The van der Waals surface area contributed by atoms with E-state index in [-0.39, 0.29) is 5.75 Å². The van der Waals surface area contributed by atoms with E-state index in [2.05, 4.69) is 4.74 Å². The lowest BCUT2D eigenvalue weighted by Crippen LogP contribution is -2.17. The number of benzene rings is 2. The monoisotopic (exact) mass is 295 g/mol. The average Bonchev–Trinajstić information content (AvgIpc) is 2.40. The van der Waals surface area contributed by atoms with E-state index in [0.29, 0.717) is 12.0 Å². The first-order valence-corrected chi connectivity index (χ1v) is 6.07. The summed E-state index contributed by atoms with van der Waals surface area (Å²) in [5, 5.41) is 0. The molecule has 2 rings (SSSR count). The molecule has 0 unspecified atom stereocenters. The molecule has 0 fully saturated rings. The minimum atomic E-state index is -4.71. The third-order valence-electron chi connectivity index (χ3n) is 2.83. The summed E-state index contributed by atoms with van der Waals surface area (Å²) in [7, 11) is 0. The normalized spacial score (nSPS) is 11.2. The number of nitrogens with two attached hydrogens (primary N) is 1. The predicted octanol–water partition coefficient (Wildman–Crippen LogP) is 3.27. The van der Waals surface area contributed by atoms with Crippen LogP contribution >= 0.6 is 0 Å². The lowest BCUT2D eigenvalue weighted by molar-refractivity contribution is -0.274. The molecule has 110 valence electrons. The lowest BCUT2D eigenvalue weighted by Gasteiger charge is -2.10. The maximum Gasteiger partial charge on any atom is 0.573 e.